The molecule has 0 saturated carbocycles. The Morgan fingerprint density at radius 2 is 2.31 bits per heavy atom. The van der Waals surface area contributed by atoms with E-state index in [9.17, 15) is 0 Å². The number of ether oxygens (including phenoxy) is 1. The topological polar surface area (TPSA) is 36.3 Å². The molecule has 0 radical (unpaired) electrons. The second-order valence-corrected chi connectivity index (χ2v) is 4.41. The van der Waals surface area contributed by atoms with E-state index in [0.29, 0.717) is 6.10 Å². The molecule has 74 valence electrons. The van der Waals surface area contributed by atoms with Crippen molar-refractivity contribution in [3.63, 3.8) is 0 Å². The van der Waals surface area contributed by atoms with Crippen LogP contribution in [-0.2, 0) is 4.74 Å². The quantitative estimate of drug-likeness (QED) is 0.645. The molecule has 0 bridgehead atoms. The summed E-state index contributed by atoms with van der Waals surface area (Å²) in [6.07, 6.45) is 0.309. The van der Waals surface area contributed by atoms with Gasteiger partial charge in [-0.05, 0) is 20.8 Å². The second kappa shape index (κ2) is 4.08. The molecule has 0 amide bonds. The Kier molecular flexibility index (Phi) is 3.29. The molecular weight excluding hydrogens is 164 g/mol. The molecule has 1 aliphatic heterocycles. The predicted octanol–water partition coefficient (Wildman–Crippen LogP) is 1.26. The molecule has 0 N–H and O–H groups in total. The lowest BCUT2D eigenvalue weighted by Crippen LogP contribution is -2.44. The summed E-state index contributed by atoms with van der Waals surface area (Å²) in [6.45, 7) is 9.58. The third kappa shape index (κ3) is 3.33. The van der Waals surface area contributed by atoms with Crippen LogP contribution in [0.3, 0.4) is 0 Å². The number of hydrogen-bond acceptors (Lipinski definition) is 3. The van der Waals surface area contributed by atoms with Crippen molar-refractivity contribution < 1.29 is 4.74 Å². The van der Waals surface area contributed by atoms with Gasteiger partial charge in [0.25, 0.3) is 0 Å². The minimum atomic E-state index is -0.239. The third-order valence-electron chi connectivity index (χ3n) is 2.25. The van der Waals surface area contributed by atoms with Crippen molar-refractivity contribution in [3.8, 4) is 6.07 Å². The summed E-state index contributed by atoms with van der Waals surface area (Å²) in [7, 11) is 0. The summed E-state index contributed by atoms with van der Waals surface area (Å²) in [5.74, 6) is 0. The van der Waals surface area contributed by atoms with Crippen molar-refractivity contribution in [3.05, 3.63) is 0 Å². The minimum Gasteiger partial charge on any atom is -0.376 e. The fraction of sp³-hybridized carbons (Fsp3) is 0.900. The fourth-order valence-corrected chi connectivity index (χ4v) is 1.63. The van der Waals surface area contributed by atoms with Gasteiger partial charge >= 0.3 is 0 Å². The maximum atomic E-state index is 8.88. The largest absolute Gasteiger partial charge is 0.376 e. The Bertz CT molecular complexity index is 207. The lowest BCUT2D eigenvalue weighted by molar-refractivity contribution is -0.0252. The van der Waals surface area contributed by atoms with E-state index in [1.54, 1.807) is 0 Å². The van der Waals surface area contributed by atoms with Crippen molar-refractivity contribution in [2.45, 2.75) is 26.9 Å². The van der Waals surface area contributed by atoms with Gasteiger partial charge in [-0.15, -0.1) is 0 Å². The van der Waals surface area contributed by atoms with Gasteiger partial charge in [0.05, 0.1) is 24.2 Å². The van der Waals surface area contributed by atoms with Crippen molar-refractivity contribution in [1.29, 1.82) is 5.26 Å². The molecule has 13 heavy (non-hydrogen) atoms. The van der Waals surface area contributed by atoms with Crippen LogP contribution in [0.5, 0.6) is 0 Å². The number of hydrogen-bond donors (Lipinski definition) is 0. The molecule has 0 spiro atoms. The average molecular weight is 182 g/mol. The SMILES string of the molecule is CC1CN(CC(C)(C)C#N)CCO1. The summed E-state index contributed by atoms with van der Waals surface area (Å²) in [6, 6.07) is 2.32. The van der Waals surface area contributed by atoms with E-state index in [2.05, 4.69) is 17.9 Å². The van der Waals surface area contributed by atoms with Crippen LogP contribution >= 0.6 is 0 Å². The van der Waals surface area contributed by atoms with Gasteiger partial charge in [0.1, 0.15) is 0 Å². The van der Waals surface area contributed by atoms with Crippen LogP contribution in [0, 0.1) is 16.7 Å². The van der Waals surface area contributed by atoms with E-state index in [1.165, 1.54) is 0 Å². The summed E-state index contributed by atoms with van der Waals surface area (Å²) >= 11 is 0. The molecule has 0 aromatic carbocycles. The summed E-state index contributed by atoms with van der Waals surface area (Å²) in [5, 5.41) is 8.88. The molecule has 1 rings (SSSR count). The molecule has 0 aromatic heterocycles. The monoisotopic (exact) mass is 182 g/mol. The van der Waals surface area contributed by atoms with Gasteiger partial charge < -0.3 is 4.74 Å². The highest BCUT2D eigenvalue weighted by molar-refractivity contribution is 4.94. The molecule has 1 heterocycles. The smallest absolute Gasteiger partial charge is 0.0697 e. The number of morpholine rings is 1. The van der Waals surface area contributed by atoms with Crippen molar-refractivity contribution in [2.75, 3.05) is 26.2 Å². The van der Waals surface area contributed by atoms with E-state index in [4.69, 9.17) is 10.00 Å². The lowest BCUT2D eigenvalue weighted by Gasteiger charge is -2.34. The number of rotatable bonds is 2. The Morgan fingerprint density at radius 1 is 1.62 bits per heavy atom. The first-order valence-electron chi connectivity index (χ1n) is 4.79. The Hall–Kier alpha value is -0.590. The zero-order chi connectivity index (χ0) is 9.90. The van der Waals surface area contributed by atoms with Crippen LogP contribution in [-0.4, -0.2) is 37.2 Å². The van der Waals surface area contributed by atoms with Gasteiger partial charge in [0, 0.05) is 19.6 Å². The van der Waals surface area contributed by atoms with Gasteiger partial charge in [-0.3, -0.25) is 4.90 Å². The Balaban J connectivity index is 2.41. The second-order valence-electron chi connectivity index (χ2n) is 4.41. The van der Waals surface area contributed by atoms with E-state index in [-0.39, 0.29) is 5.41 Å². The molecule has 1 unspecified atom stereocenters. The van der Waals surface area contributed by atoms with Crippen molar-refractivity contribution >= 4 is 0 Å². The first kappa shape index (κ1) is 10.5. The standard InChI is InChI=1S/C10H18N2O/c1-9-6-12(4-5-13-9)8-10(2,3)7-11/h9H,4-6,8H2,1-3H3. The molecule has 1 aliphatic rings. The summed E-state index contributed by atoms with van der Waals surface area (Å²) in [4.78, 5) is 2.30. The van der Waals surface area contributed by atoms with Crippen LogP contribution in [0.15, 0.2) is 0 Å². The summed E-state index contributed by atoms with van der Waals surface area (Å²) < 4.78 is 5.43. The zero-order valence-corrected chi connectivity index (χ0v) is 8.71. The van der Waals surface area contributed by atoms with Crippen LogP contribution in [0.1, 0.15) is 20.8 Å². The van der Waals surface area contributed by atoms with E-state index < -0.39 is 0 Å². The predicted molar refractivity (Wildman–Crippen MR) is 51.2 cm³/mol. The highest BCUT2D eigenvalue weighted by Gasteiger charge is 2.24. The van der Waals surface area contributed by atoms with Gasteiger partial charge in [-0.25, -0.2) is 0 Å². The van der Waals surface area contributed by atoms with Crippen LogP contribution in [0.4, 0.5) is 0 Å². The number of nitriles is 1. The molecule has 1 fully saturated rings. The normalized spacial score (nSPS) is 25.5. The first-order valence-corrected chi connectivity index (χ1v) is 4.79. The van der Waals surface area contributed by atoms with Gasteiger partial charge in [0.15, 0.2) is 0 Å². The van der Waals surface area contributed by atoms with Crippen LogP contribution < -0.4 is 0 Å². The first-order chi connectivity index (χ1) is 6.03. The Labute approximate surface area is 80.3 Å². The van der Waals surface area contributed by atoms with Gasteiger partial charge in [-0.2, -0.15) is 5.26 Å². The molecular formula is C10H18N2O. The van der Waals surface area contributed by atoms with Crippen molar-refractivity contribution in [1.82, 2.24) is 4.90 Å². The Morgan fingerprint density at radius 3 is 2.85 bits per heavy atom. The highest BCUT2D eigenvalue weighted by Crippen LogP contribution is 2.17. The third-order valence-corrected chi connectivity index (χ3v) is 2.25. The zero-order valence-electron chi connectivity index (χ0n) is 8.71. The van der Waals surface area contributed by atoms with E-state index in [1.807, 2.05) is 13.8 Å². The van der Waals surface area contributed by atoms with E-state index in [0.717, 1.165) is 26.2 Å². The number of nitrogens with zero attached hydrogens (tertiary/aromatic N) is 2. The molecule has 1 atom stereocenters. The summed E-state index contributed by atoms with van der Waals surface area (Å²) in [5.41, 5.74) is -0.239. The van der Waals surface area contributed by atoms with E-state index >= 15 is 0 Å². The maximum absolute atomic E-state index is 8.88. The molecule has 1 saturated heterocycles. The van der Waals surface area contributed by atoms with Gasteiger partial charge in [-0.1, -0.05) is 0 Å². The lowest BCUT2D eigenvalue weighted by atomic mass is 9.95. The molecule has 0 aromatic rings. The fourth-order valence-electron chi connectivity index (χ4n) is 1.63. The average Bonchev–Trinajstić information content (AvgIpc) is 2.03. The maximum Gasteiger partial charge on any atom is 0.0697 e. The highest BCUT2D eigenvalue weighted by atomic mass is 16.5. The molecule has 0 aliphatic carbocycles. The van der Waals surface area contributed by atoms with Crippen LogP contribution in [0.25, 0.3) is 0 Å². The van der Waals surface area contributed by atoms with Crippen molar-refractivity contribution in [2.24, 2.45) is 5.41 Å². The van der Waals surface area contributed by atoms with Gasteiger partial charge in [0.2, 0.25) is 0 Å². The molecule has 3 heteroatoms. The van der Waals surface area contributed by atoms with Crippen LogP contribution in [0.2, 0.25) is 0 Å². The molecule has 3 nitrogen and oxygen atoms in total. The minimum absolute atomic E-state index is 0.239.